The Hall–Kier alpha value is -0.120. The molecule has 0 rings (SSSR count). The Morgan fingerprint density at radius 2 is 2.00 bits per heavy atom. The summed E-state index contributed by atoms with van der Waals surface area (Å²) in [6, 6.07) is 0.325. The number of rotatable bonds is 10. The first-order valence-corrected chi connectivity index (χ1v) is 6.30. The van der Waals surface area contributed by atoms with E-state index in [1.165, 1.54) is 12.8 Å². The average molecular weight is 216 g/mol. The third-order valence-corrected chi connectivity index (χ3v) is 2.62. The minimum atomic E-state index is 0.325. The van der Waals surface area contributed by atoms with Gasteiger partial charge >= 0.3 is 0 Å². The number of nitrogens with two attached hydrogens (primary N) is 1. The fraction of sp³-hybridized carbons (Fsp3) is 1.00. The largest absolute Gasteiger partial charge is 0.380 e. The number of likely N-dealkylation sites (N-methyl/N-ethyl adjacent to an activating group) is 1. The van der Waals surface area contributed by atoms with E-state index in [0.717, 1.165) is 39.3 Å². The topological polar surface area (TPSA) is 38.5 Å². The lowest BCUT2D eigenvalue weighted by molar-refractivity contribution is 0.112. The van der Waals surface area contributed by atoms with Gasteiger partial charge in [-0.05, 0) is 19.9 Å². The van der Waals surface area contributed by atoms with Gasteiger partial charge < -0.3 is 10.5 Å². The molecule has 0 fully saturated rings. The van der Waals surface area contributed by atoms with Crippen molar-refractivity contribution >= 4 is 0 Å². The zero-order valence-corrected chi connectivity index (χ0v) is 10.7. The second-order valence-electron chi connectivity index (χ2n) is 3.99. The molecule has 15 heavy (non-hydrogen) atoms. The lowest BCUT2D eigenvalue weighted by Crippen LogP contribution is -2.39. The highest BCUT2D eigenvalue weighted by atomic mass is 16.5. The molecule has 0 aliphatic carbocycles. The molecule has 0 aliphatic rings. The third kappa shape index (κ3) is 8.85. The maximum absolute atomic E-state index is 6.06. The standard InChI is InChI=1S/C12H28N2O/c1-4-7-8-12(13)11-14(5-2)9-10-15-6-3/h12H,4-11,13H2,1-3H3. The summed E-state index contributed by atoms with van der Waals surface area (Å²) < 4.78 is 5.35. The van der Waals surface area contributed by atoms with Crippen LogP contribution in [0.3, 0.4) is 0 Å². The Kier molecular flexibility index (Phi) is 10.3. The first-order chi connectivity index (χ1) is 7.24. The van der Waals surface area contributed by atoms with Crippen LogP contribution in [0.2, 0.25) is 0 Å². The molecule has 0 aromatic heterocycles. The van der Waals surface area contributed by atoms with Gasteiger partial charge in [0.25, 0.3) is 0 Å². The number of unbranched alkanes of at least 4 members (excludes halogenated alkanes) is 1. The van der Waals surface area contributed by atoms with Gasteiger partial charge in [-0.1, -0.05) is 26.7 Å². The van der Waals surface area contributed by atoms with Crippen molar-refractivity contribution in [2.24, 2.45) is 5.73 Å². The molecule has 3 nitrogen and oxygen atoms in total. The van der Waals surface area contributed by atoms with Crippen LogP contribution in [0.25, 0.3) is 0 Å². The quantitative estimate of drug-likeness (QED) is 0.567. The van der Waals surface area contributed by atoms with Gasteiger partial charge in [0, 0.05) is 25.7 Å². The molecule has 0 aromatic rings. The second kappa shape index (κ2) is 10.4. The molecule has 3 heteroatoms. The van der Waals surface area contributed by atoms with Crippen LogP contribution in [0, 0.1) is 0 Å². The van der Waals surface area contributed by atoms with E-state index < -0.39 is 0 Å². The SMILES string of the molecule is CCCCC(N)CN(CC)CCOCC. The van der Waals surface area contributed by atoms with Crippen molar-refractivity contribution in [2.75, 3.05) is 32.8 Å². The fourth-order valence-electron chi connectivity index (χ4n) is 1.61. The minimum Gasteiger partial charge on any atom is -0.380 e. The minimum absolute atomic E-state index is 0.325. The van der Waals surface area contributed by atoms with E-state index in [4.69, 9.17) is 10.5 Å². The molecule has 0 radical (unpaired) electrons. The molecule has 1 unspecified atom stereocenters. The normalized spacial score (nSPS) is 13.4. The first-order valence-electron chi connectivity index (χ1n) is 6.30. The second-order valence-corrected chi connectivity index (χ2v) is 3.99. The Labute approximate surface area is 95.0 Å². The third-order valence-electron chi connectivity index (χ3n) is 2.62. The summed E-state index contributed by atoms with van der Waals surface area (Å²) in [7, 11) is 0. The highest BCUT2D eigenvalue weighted by molar-refractivity contribution is 4.67. The van der Waals surface area contributed by atoms with E-state index >= 15 is 0 Å². The first kappa shape index (κ1) is 14.9. The molecule has 1 atom stereocenters. The van der Waals surface area contributed by atoms with Crippen molar-refractivity contribution < 1.29 is 4.74 Å². The molecule has 92 valence electrons. The van der Waals surface area contributed by atoms with Crippen LogP contribution in [0.5, 0.6) is 0 Å². The van der Waals surface area contributed by atoms with Gasteiger partial charge in [0.2, 0.25) is 0 Å². The molecule has 0 heterocycles. The van der Waals surface area contributed by atoms with Crippen molar-refractivity contribution in [2.45, 2.75) is 46.1 Å². The summed E-state index contributed by atoms with van der Waals surface area (Å²) in [6.07, 6.45) is 3.62. The monoisotopic (exact) mass is 216 g/mol. The van der Waals surface area contributed by atoms with Crippen LogP contribution in [0.15, 0.2) is 0 Å². The maximum atomic E-state index is 6.06. The van der Waals surface area contributed by atoms with Crippen molar-refractivity contribution in [3.05, 3.63) is 0 Å². The Morgan fingerprint density at radius 1 is 1.27 bits per heavy atom. The number of ether oxygens (including phenoxy) is 1. The van der Waals surface area contributed by atoms with Crippen LogP contribution in [-0.4, -0.2) is 43.8 Å². The highest BCUT2D eigenvalue weighted by Crippen LogP contribution is 2.00. The molecule has 0 bridgehead atoms. The van der Waals surface area contributed by atoms with Gasteiger partial charge in [0.1, 0.15) is 0 Å². The summed E-state index contributed by atoms with van der Waals surface area (Å²) in [5, 5.41) is 0. The predicted octanol–water partition coefficient (Wildman–Crippen LogP) is 1.86. The number of hydrogen-bond acceptors (Lipinski definition) is 3. The summed E-state index contributed by atoms with van der Waals surface area (Å²) in [5.74, 6) is 0. The molecule has 0 amide bonds. The number of hydrogen-bond donors (Lipinski definition) is 1. The van der Waals surface area contributed by atoms with Crippen molar-refractivity contribution in [1.29, 1.82) is 0 Å². The molecule has 0 saturated heterocycles. The van der Waals surface area contributed by atoms with Gasteiger partial charge in [0.15, 0.2) is 0 Å². The Bertz CT molecular complexity index is 131. The van der Waals surface area contributed by atoms with Gasteiger partial charge in [-0.25, -0.2) is 0 Å². The predicted molar refractivity (Wildman–Crippen MR) is 66.1 cm³/mol. The molecule has 2 N–H and O–H groups in total. The molecular weight excluding hydrogens is 188 g/mol. The van der Waals surface area contributed by atoms with Crippen LogP contribution >= 0.6 is 0 Å². The summed E-state index contributed by atoms with van der Waals surface area (Å²) in [6.45, 7) is 11.1. The molecule has 0 aromatic carbocycles. The maximum Gasteiger partial charge on any atom is 0.0593 e. The zero-order chi connectivity index (χ0) is 11.5. The lowest BCUT2D eigenvalue weighted by Gasteiger charge is -2.23. The van der Waals surface area contributed by atoms with Crippen molar-refractivity contribution in [1.82, 2.24) is 4.90 Å². The van der Waals surface area contributed by atoms with E-state index in [9.17, 15) is 0 Å². The van der Waals surface area contributed by atoms with Crippen LogP contribution in [0.1, 0.15) is 40.0 Å². The highest BCUT2D eigenvalue weighted by Gasteiger charge is 2.08. The zero-order valence-electron chi connectivity index (χ0n) is 10.7. The molecular formula is C12H28N2O. The lowest BCUT2D eigenvalue weighted by atomic mass is 10.1. The Morgan fingerprint density at radius 3 is 2.53 bits per heavy atom. The Balaban J connectivity index is 3.57. The molecule has 0 spiro atoms. The smallest absolute Gasteiger partial charge is 0.0593 e. The summed E-state index contributed by atoms with van der Waals surface area (Å²) >= 11 is 0. The van der Waals surface area contributed by atoms with Crippen LogP contribution < -0.4 is 5.73 Å². The molecule has 0 saturated carbocycles. The summed E-state index contributed by atoms with van der Waals surface area (Å²) in [5.41, 5.74) is 6.06. The van der Waals surface area contributed by atoms with Crippen LogP contribution in [0.4, 0.5) is 0 Å². The fourth-order valence-corrected chi connectivity index (χ4v) is 1.61. The van der Waals surface area contributed by atoms with Crippen molar-refractivity contribution in [3.63, 3.8) is 0 Å². The average Bonchev–Trinajstić information content (AvgIpc) is 2.25. The van der Waals surface area contributed by atoms with E-state index in [2.05, 4.69) is 18.7 Å². The summed E-state index contributed by atoms with van der Waals surface area (Å²) in [4.78, 5) is 2.37. The van der Waals surface area contributed by atoms with Gasteiger partial charge in [-0.3, -0.25) is 4.90 Å². The van der Waals surface area contributed by atoms with E-state index in [0.29, 0.717) is 6.04 Å². The van der Waals surface area contributed by atoms with Gasteiger partial charge in [0.05, 0.1) is 6.61 Å². The van der Waals surface area contributed by atoms with E-state index in [-0.39, 0.29) is 0 Å². The van der Waals surface area contributed by atoms with Gasteiger partial charge in [-0.2, -0.15) is 0 Å². The van der Waals surface area contributed by atoms with Gasteiger partial charge in [-0.15, -0.1) is 0 Å². The van der Waals surface area contributed by atoms with E-state index in [1.807, 2.05) is 6.92 Å². The van der Waals surface area contributed by atoms with Crippen LogP contribution in [-0.2, 0) is 4.74 Å². The van der Waals surface area contributed by atoms with Crippen molar-refractivity contribution in [3.8, 4) is 0 Å². The molecule has 0 aliphatic heterocycles. The number of nitrogens with zero attached hydrogens (tertiary/aromatic N) is 1. The van der Waals surface area contributed by atoms with E-state index in [1.54, 1.807) is 0 Å².